The van der Waals surface area contributed by atoms with Gasteiger partial charge < -0.3 is 4.84 Å². The Balaban J connectivity index is 2.41. The highest BCUT2D eigenvalue weighted by Gasteiger charge is 2.14. The Morgan fingerprint density at radius 1 is 1.21 bits per heavy atom. The molecule has 0 aliphatic carbocycles. The predicted octanol–water partition coefficient (Wildman–Crippen LogP) is 3.25. The fraction of sp³-hybridized carbons (Fsp3) is 0.200. The third-order valence-corrected chi connectivity index (χ3v) is 2.87. The molecule has 98 valence electrons. The van der Waals surface area contributed by atoms with Crippen molar-refractivity contribution in [2.45, 2.75) is 13.8 Å². The minimum atomic E-state index is 0.531. The highest BCUT2D eigenvalue weighted by molar-refractivity contribution is 6.30. The van der Waals surface area contributed by atoms with Crippen LogP contribution in [0.15, 0.2) is 47.8 Å². The number of H-pyrrole nitrogens is 1. The van der Waals surface area contributed by atoms with E-state index in [0.29, 0.717) is 11.6 Å². The first-order valence-corrected chi connectivity index (χ1v) is 6.53. The number of nitrogens with one attached hydrogen (secondary N) is 1. The van der Waals surface area contributed by atoms with E-state index < -0.39 is 0 Å². The molecule has 19 heavy (non-hydrogen) atoms. The van der Waals surface area contributed by atoms with Gasteiger partial charge in [-0.3, -0.25) is 0 Å². The fourth-order valence-electron chi connectivity index (χ4n) is 1.65. The molecule has 0 saturated carbocycles. The second-order valence-electron chi connectivity index (χ2n) is 4.14. The minimum absolute atomic E-state index is 0.531. The van der Waals surface area contributed by atoms with Gasteiger partial charge in [0.1, 0.15) is 11.6 Å². The summed E-state index contributed by atoms with van der Waals surface area (Å²) >= 11 is 5.89. The maximum atomic E-state index is 5.89. The average Bonchev–Trinajstić information content (AvgIpc) is 2.43. The second-order valence-corrected chi connectivity index (χ2v) is 4.58. The van der Waals surface area contributed by atoms with Crippen LogP contribution < -0.4 is 4.98 Å². The van der Waals surface area contributed by atoms with Crippen molar-refractivity contribution in [2.24, 2.45) is 5.16 Å². The number of nitrogens with zero attached hydrogens (tertiary/aromatic N) is 1. The lowest BCUT2D eigenvalue weighted by Crippen LogP contribution is -2.18. The lowest BCUT2D eigenvalue weighted by molar-refractivity contribution is -0.380. The lowest BCUT2D eigenvalue weighted by atomic mass is 10.1. The summed E-state index contributed by atoms with van der Waals surface area (Å²) in [6, 6.07) is 11.9. The van der Waals surface area contributed by atoms with Crippen molar-refractivity contribution in [2.75, 3.05) is 6.61 Å². The molecule has 4 heteroatoms. The highest BCUT2D eigenvalue weighted by atomic mass is 35.5. The first kappa shape index (κ1) is 13.6. The number of halogens is 1. The quantitative estimate of drug-likeness (QED) is 0.623. The van der Waals surface area contributed by atoms with Crippen molar-refractivity contribution in [3.63, 3.8) is 0 Å². The van der Waals surface area contributed by atoms with Gasteiger partial charge in [-0.1, -0.05) is 46.6 Å². The molecule has 0 bridgehead atoms. The Labute approximate surface area is 117 Å². The SMILES string of the molecule is CCO/N=C(/c1ccc(C)cc1)c1ccc(Cl)c[nH+]1. The smallest absolute Gasteiger partial charge is 0.233 e. The summed E-state index contributed by atoms with van der Waals surface area (Å²) in [6.45, 7) is 4.49. The molecule has 0 unspecified atom stereocenters. The lowest BCUT2D eigenvalue weighted by Gasteiger charge is -2.03. The van der Waals surface area contributed by atoms with E-state index in [1.807, 2.05) is 43.3 Å². The monoisotopic (exact) mass is 275 g/mol. The van der Waals surface area contributed by atoms with E-state index >= 15 is 0 Å². The van der Waals surface area contributed by atoms with Crippen molar-refractivity contribution in [1.29, 1.82) is 0 Å². The van der Waals surface area contributed by atoms with Crippen LogP contribution in [0.3, 0.4) is 0 Å². The third kappa shape index (κ3) is 3.55. The summed E-state index contributed by atoms with van der Waals surface area (Å²) in [5, 5.41) is 4.84. The van der Waals surface area contributed by atoms with Gasteiger partial charge in [0.05, 0.1) is 0 Å². The van der Waals surface area contributed by atoms with E-state index in [4.69, 9.17) is 16.4 Å². The molecule has 1 N–H and O–H groups in total. The maximum absolute atomic E-state index is 5.89. The number of aromatic amines is 1. The molecule has 0 atom stereocenters. The number of rotatable bonds is 4. The zero-order valence-electron chi connectivity index (χ0n) is 11.0. The van der Waals surface area contributed by atoms with Crippen LogP contribution in [0.25, 0.3) is 0 Å². The van der Waals surface area contributed by atoms with Gasteiger partial charge in [0, 0.05) is 11.6 Å². The van der Waals surface area contributed by atoms with Crippen molar-refractivity contribution in [1.82, 2.24) is 0 Å². The van der Waals surface area contributed by atoms with Crippen LogP contribution >= 0.6 is 11.6 Å². The standard InChI is InChI=1S/C15H15ClN2O/c1-3-19-18-15(12-6-4-11(2)5-7-12)14-9-8-13(16)10-17-14/h4-10H,3H2,1-2H3/p+1/b18-15-. The van der Waals surface area contributed by atoms with Crippen LogP contribution in [0.1, 0.15) is 23.7 Å². The van der Waals surface area contributed by atoms with Gasteiger partial charge in [0.2, 0.25) is 5.69 Å². The molecule has 0 amide bonds. The number of aryl methyl sites for hydroxylation is 1. The summed E-state index contributed by atoms with van der Waals surface area (Å²) in [5.41, 5.74) is 3.83. The summed E-state index contributed by atoms with van der Waals surface area (Å²) in [4.78, 5) is 8.32. The predicted molar refractivity (Wildman–Crippen MR) is 76.5 cm³/mol. The molecule has 1 heterocycles. The fourth-order valence-corrected chi connectivity index (χ4v) is 1.77. The molecule has 0 spiro atoms. The third-order valence-electron chi connectivity index (χ3n) is 2.64. The highest BCUT2D eigenvalue weighted by Crippen LogP contribution is 2.11. The van der Waals surface area contributed by atoms with Gasteiger partial charge in [-0.2, -0.15) is 0 Å². The first-order valence-electron chi connectivity index (χ1n) is 6.15. The number of pyridine rings is 1. The van der Waals surface area contributed by atoms with E-state index in [9.17, 15) is 0 Å². The molecule has 1 aromatic carbocycles. The van der Waals surface area contributed by atoms with Gasteiger partial charge in [-0.05, 0) is 19.9 Å². The van der Waals surface area contributed by atoms with Crippen molar-refractivity contribution >= 4 is 17.3 Å². The van der Waals surface area contributed by atoms with Crippen LogP contribution in [0.5, 0.6) is 0 Å². The van der Waals surface area contributed by atoms with Crippen molar-refractivity contribution in [3.8, 4) is 0 Å². The van der Waals surface area contributed by atoms with Gasteiger partial charge in [0.25, 0.3) is 0 Å². The van der Waals surface area contributed by atoms with E-state index in [-0.39, 0.29) is 0 Å². The molecule has 1 aromatic heterocycles. The topological polar surface area (TPSA) is 35.7 Å². The Morgan fingerprint density at radius 3 is 2.53 bits per heavy atom. The van der Waals surface area contributed by atoms with Crippen molar-refractivity contribution in [3.05, 3.63) is 64.4 Å². The number of aromatic nitrogens is 1. The van der Waals surface area contributed by atoms with Gasteiger partial charge in [-0.25, -0.2) is 4.98 Å². The van der Waals surface area contributed by atoms with Crippen molar-refractivity contribution < 1.29 is 9.82 Å². The Hall–Kier alpha value is -1.87. The molecule has 2 aromatic rings. The molecule has 0 aliphatic heterocycles. The Kier molecular flexibility index (Phi) is 4.53. The summed E-state index contributed by atoms with van der Waals surface area (Å²) in [5.74, 6) is 0. The van der Waals surface area contributed by atoms with E-state index in [1.54, 1.807) is 6.20 Å². The molecule has 0 radical (unpaired) electrons. The number of oxime groups is 1. The maximum Gasteiger partial charge on any atom is 0.233 e. The zero-order chi connectivity index (χ0) is 13.7. The van der Waals surface area contributed by atoms with Gasteiger partial charge in [0.15, 0.2) is 11.9 Å². The van der Waals surface area contributed by atoms with Crippen LogP contribution in [0, 0.1) is 6.92 Å². The van der Waals surface area contributed by atoms with Gasteiger partial charge >= 0.3 is 0 Å². The molecular weight excluding hydrogens is 260 g/mol. The molecule has 0 fully saturated rings. The molecule has 3 nitrogen and oxygen atoms in total. The van der Waals surface area contributed by atoms with Crippen LogP contribution in [0.4, 0.5) is 0 Å². The summed E-state index contributed by atoms with van der Waals surface area (Å²) in [6.07, 6.45) is 1.73. The molecule has 0 aliphatic rings. The van der Waals surface area contributed by atoms with E-state index in [0.717, 1.165) is 17.0 Å². The first-order chi connectivity index (χ1) is 9.20. The van der Waals surface area contributed by atoms with Gasteiger partial charge in [-0.15, -0.1) is 0 Å². The molecule has 0 saturated heterocycles. The van der Waals surface area contributed by atoms with E-state index in [2.05, 4.69) is 17.1 Å². The molecular formula is C15H16ClN2O+. The summed E-state index contributed by atoms with van der Waals surface area (Å²) in [7, 11) is 0. The zero-order valence-corrected chi connectivity index (χ0v) is 11.7. The Bertz CT molecular complexity index is 514. The summed E-state index contributed by atoms with van der Waals surface area (Å²) < 4.78 is 0. The Morgan fingerprint density at radius 2 is 1.95 bits per heavy atom. The normalized spacial score (nSPS) is 11.4. The molecule has 2 rings (SSSR count). The second kappa shape index (κ2) is 6.34. The van der Waals surface area contributed by atoms with Crippen LogP contribution in [-0.2, 0) is 4.84 Å². The van der Waals surface area contributed by atoms with E-state index in [1.165, 1.54) is 5.56 Å². The number of hydrogen-bond acceptors (Lipinski definition) is 2. The van der Waals surface area contributed by atoms with Crippen LogP contribution in [-0.4, -0.2) is 12.3 Å². The average molecular weight is 276 g/mol. The number of hydrogen-bond donors (Lipinski definition) is 0. The van der Waals surface area contributed by atoms with Crippen LogP contribution in [0.2, 0.25) is 5.02 Å². The largest absolute Gasteiger partial charge is 0.395 e. The number of benzene rings is 1. The minimum Gasteiger partial charge on any atom is -0.395 e.